The van der Waals surface area contributed by atoms with Crippen LogP contribution in [-0.2, 0) is 9.53 Å². The van der Waals surface area contributed by atoms with Gasteiger partial charge in [0.05, 0.1) is 0 Å². The van der Waals surface area contributed by atoms with Crippen LogP contribution in [0.4, 0.5) is 5.69 Å². The van der Waals surface area contributed by atoms with Crippen molar-refractivity contribution < 1.29 is 9.53 Å². The molecule has 0 aliphatic rings. The van der Waals surface area contributed by atoms with Crippen LogP contribution in [-0.4, -0.2) is 17.6 Å². The molecule has 0 aliphatic carbocycles. The highest BCUT2D eigenvalue weighted by Crippen LogP contribution is 2.22. The van der Waals surface area contributed by atoms with Crippen molar-refractivity contribution in [3.05, 3.63) is 28.2 Å². The zero-order chi connectivity index (χ0) is 18.2. The Kier molecular flexibility index (Phi) is 8.35. The average Bonchev–Trinajstić information content (AvgIpc) is 2.46. The first-order valence-electron chi connectivity index (χ1n) is 8.46. The first kappa shape index (κ1) is 20.6. The third kappa shape index (κ3) is 8.40. The fraction of sp³-hybridized carbons (Fsp3) is 0.550. The Labute approximate surface area is 154 Å². The topological polar surface area (TPSA) is 38.3 Å². The molecule has 0 amide bonds. The predicted octanol–water partition coefficient (Wildman–Crippen LogP) is 5.46. The van der Waals surface area contributed by atoms with Gasteiger partial charge in [-0.1, -0.05) is 35.2 Å². The molecule has 0 saturated carbocycles. The average molecular weight is 394 g/mol. The van der Waals surface area contributed by atoms with E-state index in [-0.39, 0.29) is 0 Å². The summed E-state index contributed by atoms with van der Waals surface area (Å²) in [5.74, 6) is 5.05. The van der Waals surface area contributed by atoms with Gasteiger partial charge in [-0.2, -0.15) is 0 Å². The maximum absolute atomic E-state index is 11.6. The maximum Gasteiger partial charge on any atom is 0.384 e. The lowest BCUT2D eigenvalue weighted by atomic mass is 10.1. The highest BCUT2D eigenvalue weighted by Gasteiger charge is 2.14. The molecule has 1 N–H and O–H groups in total. The van der Waals surface area contributed by atoms with Crippen molar-refractivity contribution in [1.82, 2.24) is 0 Å². The lowest BCUT2D eigenvalue weighted by molar-refractivity contribution is -0.147. The third-order valence-corrected chi connectivity index (χ3v) is 4.26. The summed E-state index contributed by atoms with van der Waals surface area (Å²) >= 11 is 3.52. The first-order chi connectivity index (χ1) is 11.2. The van der Waals surface area contributed by atoms with Gasteiger partial charge in [0.1, 0.15) is 5.60 Å². The second-order valence-electron chi connectivity index (χ2n) is 6.94. The van der Waals surface area contributed by atoms with E-state index in [1.54, 1.807) is 0 Å². The molecule has 24 heavy (non-hydrogen) atoms. The van der Waals surface area contributed by atoms with E-state index in [0.29, 0.717) is 12.5 Å². The van der Waals surface area contributed by atoms with E-state index >= 15 is 0 Å². The van der Waals surface area contributed by atoms with Crippen molar-refractivity contribution in [2.45, 2.75) is 71.9 Å². The van der Waals surface area contributed by atoms with Gasteiger partial charge in [0.2, 0.25) is 0 Å². The van der Waals surface area contributed by atoms with Gasteiger partial charge < -0.3 is 10.1 Å². The number of ether oxygens (including phenoxy) is 1. The summed E-state index contributed by atoms with van der Waals surface area (Å²) < 4.78 is 6.29. The number of carbonyl (C=O) groups excluding carboxylic acids is 1. The molecule has 0 heterocycles. The number of hydrogen-bond donors (Lipinski definition) is 1. The SMILES string of the molecule is CCCC(CCC#CC(=O)OC(C)(C)C)Nc1ccc(Br)c(C)c1. The Morgan fingerprint density at radius 3 is 2.62 bits per heavy atom. The molecule has 1 atom stereocenters. The van der Waals surface area contributed by atoms with E-state index in [2.05, 4.69) is 65.1 Å². The van der Waals surface area contributed by atoms with Gasteiger partial charge in [0, 0.05) is 28.5 Å². The van der Waals surface area contributed by atoms with Crippen LogP contribution < -0.4 is 5.32 Å². The largest absolute Gasteiger partial charge is 0.450 e. The fourth-order valence-corrected chi connectivity index (χ4v) is 2.54. The van der Waals surface area contributed by atoms with Crippen molar-refractivity contribution in [1.29, 1.82) is 0 Å². The van der Waals surface area contributed by atoms with Crippen LogP contribution in [0.5, 0.6) is 0 Å². The van der Waals surface area contributed by atoms with Gasteiger partial charge in [0.25, 0.3) is 0 Å². The number of benzene rings is 1. The normalized spacial score (nSPS) is 12.1. The molecule has 0 aliphatic heterocycles. The van der Waals surface area contributed by atoms with Crippen LogP contribution in [0, 0.1) is 18.8 Å². The van der Waals surface area contributed by atoms with Crippen LogP contribution in [0.15, 0.2) is 22.7 Å². The van der Waals surface area contributed by atoms with Crippen LogP contribution in [0.1, 0.15) is 58.9 Å². The summed E-state index contributed by atoms with van der Waals surface area (Å²) in [5.41, 5.74) is 1.84. The van der Waals surface area contributed by atoms with E-state index in [0.717, 1.165) is 29.4 Å². The molecule has 0 spiro atoms. The molecule has 0 bridgehead atoms. The summed E-state index contributed by atoms with van der Waals surface area (Å²) in [6.07, 6.45) is 3.75. The Morgan fingerprint density at radius 1 is 1.33 bits per heavy atom. The number of anilines is 1. The van der Waals surface area contributed by atoms with Gasteiger partial charge in [-0.15, -0.1) is 0 Å². The van der Waals surface area contributed by atoms with Gasteiger partial charge in [-0.25, -0.2) is 4.79 Å². The number of hydrogen-bond acceptors (Lipinski definition) is 3. The molecule has 0 radical (unpaired) electrons. The summed E-state index contributed by atoms with van der Waals surface area (Å²) in [4.78, 5) is 11.6. The quantitative estimate of drug-likeness (QED) is 0.395. The van der Waals surface area contributed by atoms with Crippen molar-refractivity contribution >= 4 is 27.6 Å². The number of esters is 1. The Hall–Kier alpha value is -1.47. The predicted molar refractivity (Wildman–Crippen MR) is 104 cm³/mol. The standard InChI is InChI=1S/C20H28BrNO2/c1-6-9-16(22-17-12-13-18(21)15(2)14-17)10-7-8-11-19(23)24-20(3,4)5/h12-14,16,22H,6-7,9-10H2,1-5H3. The van der Waals surface area contributed by atoms with Crippen molar-refractivity contribution in [2.24, 2.45) is 0 Å². The number of aryl methyl sites for hydroxylation is 1. The minimum absolute atomic E-state index is 0.350. The number of nitrogens with one attached hydrogen (secondary N) is 1. The van der Waals surface area contributed by atoms with E-state index in [9.17, 15) is 4.79 Å². The number of rotatable bonds is 6. The van der Waals surface area contributed by atoms with Crippen LogP contribution in [0.2, 0.25) is 0 Å². The summed E-state index contributed by atoms with van der Waals surface area (Å²) in [7, 11) is 0. The molecule has 1 rings (SSSR count). The molecular weight excluding hydrogens is 366 g/mol. The maximum atomic E-state index is 11.6. The van der Waals surface area contributed by atoms with Gasteiger partial charge in [0.15, 0.2) is 0 Å². The molecule has 1 aromatic carbocycles. The van der Waals surface area contributed by atoms with Crippen molar-refractivity contribution in [2.75, 3.05) is 5.32 Å². The first-order valence-corrected chi connectivity index (χ1v) is 9.25. The van der Waals surface area contributed by atoms with E-state index in [4.69, 9.17) is 4.74 Å². The molecule has 0 saturated heterocycles. The molecule has 1 unspecified atom stereocenters. The van der Waals surface area contributed by atoms with Crippen LogP contribution in [0.3, 0.4) is 0 Å². The summed E-state index contributed by atoms with van der Waals surface area (Å²) in [6, 6.07) is 6.62. The zero-order valence-corrected chi connectivity index (χ0v) is 16.9. The molecule has 1 aromatic rings. The fourth-order valence-electron chi connectivity index (χ4n) is 2.29. The Morgan fingerprint density at radius 2 is 2.04 bits per heavy atom. The highest BCUT2D eigenvalue weighted by molar-refractivity contribution is 9.10. The van der Waals surface area contributed by atoms with Crippen molar-refractivity contribution in [3.63, 3.8) is 0 Å². The number of carbonyl (C=O) groups is 1. The summed E-state index contributed by atoms with van der Waals surface area (Å²) in [5, 5.41) is 3.57. The molecule has 0 fully saturated rings. The minimum atomic E-state index is -0.489. The van der Waals surface area contributed by atoms with E-state index < -0.39 is 11.6 Å². The van der Waals surface area contributed by atoms with E-state index in [1.165, 1.54) is 5.56 Å². The van der Waals surface area contributed by atoms with Gasteiger partial charge in [-0.05, 0) is 64.3 Å². The molecular formula is C20H28BrNO2. The minimum Gasteiger partial charge on any atom is -0.450 e. The molecule has 0 aromatic heterocycles. The highest BCUT2D eigenvalue weighted by atomic mass is 79.9. The van der Waals surface area contributed by atoms with Crippen LogP contribution >= 0.6 is 15.9 Å². The zero-order valence-electron chi connectivity index (χ0n) is 15.3. The lowest BCUT2D eigenvalue weighted by Gasteiger charge is -2.19. The third-order valence-electron chi connectivity index (χ3n) is 3.37. The molecule has 132 valence electrons. The van der Waals surface area contributed by atoms with Crippen molar-refractivity contribution in [3.8, 4) is 11.8 Å². The van der Waals surface area contributed by atoms with Crippen LogP contribution in [0.25, 0.3) is 0 Å². The second kappa shape index (κ2) is 9.74. The molecule has 3 nitrogen and oxygen atoms in total. The second-order valence-corrected chi connectivity index (χ2v) is 7.79. The number of halogens is 1. The smallest absolute Gasteiger partial charge is 0.384 e. The summed E-state index contributed by atoms with van der Waals surface area (Å²) in [6.45, 7) is 9.78. The molecule has 4 heteroatoms. The van der Waals surface area contributed by atoms with E-state index in [1.807, 2.05) is 20.8 Å². The Bertz CT molecular complexity index is 608. The Balaban J connectivity index is 2.55. The monoisotopic (exact) mass is 393 g/mol. The van der Waals surface area contributed by atoms with Gasteiger partial charge >= 0.3 is 5.97 Å². The van der Waals surface area contributed by atoms with Gasteiger partial charge in [-0.3, -0.25) is 0 Å². The lowest BCUT2D eigenvalue weighted by Crippen LogP contribution is -2.22.